The van der Waals surface area contributed by atoms with Gasteiger partial charge in [0, 0.05) is 23.7 Å². The van der Waals surface area contributed by atoms with Crippen molar-refractivity contribution in [2.45, 2.75) is 32.4 Å². The van der Waals surface area contributed by atoms with Crippen molar-refractivity contribution in [3.8, 4) is 11.3 Å². The topological polar surface area (TPSA) is 81.2 Å². The maximum Gasteiger partial charge on any atom is 0.270 e. The number of aryl methyl sites for hydroxylation is 1. The monoisotopic (exact) mass is 273 g/mol. The van der Waals surface area contributed by atoms with Crippen molar-refractivity contribution in [3.63, 3.8) is 0 Å². The molecule has 104 valence electrons. The molecular weight excluding hydrogens is 258 g/mol. The van der Waals surface area contributed by atoms with E-state index in [0.717, 1.165) is 5.56 Å². The van der Waals surface area contributed by atoms with Gasteiger partial charge in [-0.15, -0.1) is 0 Å². The second-order valence-corrected chi connectivity index (χ2v) is 5.03. The predicted octanol–water partition coefficient (Wildman–Crippen LogP) is 2.81. The van der Waals surface area contributed by atoms with Crippen LogP contribution in [0.25, 0.3) is 11.3 Å². The van der Waals surface area contributed by atoms with E-state index in [9.17, 15) is 10.1 Å². The van der Waals surface area contributed by atoms with E-state index in [2.05, 4.69) is 10.3 Å². The molecule has 0 amide bonds. The Morgan fingerprint density at radius 2 is 2.30 bits per heavy atom. The maximum atomic E-state index is 10.8. The number of aromatic nitrogens is 1. The average molecular weight is 273 g/mol. The number of nitrogens with one attached hydrogen (secondary N) is 1. The quantitative estimate of drug-likeness (QED) is 0.669. The fraction of sp³-hybridized carbons (Fsp3) is 0.357. The molecule has 6 nitrogen and oxygen atoms in total. The summed E-state index contributed by atoms with van der Waals surface area (Å²) in [7, 11) is 0. The summed E-state index contributed by atoms with van der Waals surface area (Å²) in [6, 6.07) is 5.32. The highest BCUT2D eigenvalue weighted by molar-refractivity contribution is 5.64. The van der Waals surface area contributed by atoms with Crippen molar-refractivity contribution >= 4 is 5.69 Å². The smallest absolute Gasteiger partial charge is 0.270 e. The highest BCUT2D eigenvalue weighted by Gasteiger charge is 2.21. The van der Waals surface area contributed by atoms with Gasteiger partial charge in [-0.3, -0.25) is 10.1 Å². The zero-order valence-corrected chi connectivity index (χ0v) is 11.1. The highest BCUT2D eigenvalue weighted by atomic mass is 16.6. The fourth-order valence-electron chi connectivity index (χ4n) is 2.02. The van der Waals surface area contributed by atoms with E-state index < -0.39 is 4.92 Å². The molecule has 6 heteroatoms. The maximum absolute atomic E-state index is 10.8. The first-order valence-electron chi connectivity index (χ1n) is 6.57. The first kappa shape index (κ1) is 12.8. The van der Waals surface area contributed by atoms with Gasteiger partial charge in [0.15, 0.2) is 5.76 Å². The summed E-state index contributed by atoms with van der Waals surface area (Å²) in [6.45, 7) is 2.49. The summed E-state index contributed by atoms with van der Waals surface area (Å²) in [4.78, 5) is 14.6. The van der Waals surface area contributed by atoms with Crippen LogP contribution in [0.4, 0.5) is 5.69 Å². The van der Waals surface area contributed by atoms with Gasteiger partial charge in [0.05, 0.1) is 17.7 Å². The van der Waals surface area contributed by atoms with Gasteiger partial charge in [0.25, 0.3) is 5.69 Å². The third kappa shape index (κ3) is 2.70. The summed E-state index contributed by atoms with van der Waals surface area (Å²) in [6.07, 6.45) is 4.03. The highest BCUT2D eigenvalue weighted by Crippen LogP contribution is 2.28. The fourth-order valence-corrected chi connectivity index (χ4v) is 2.02. The van der Waals surface area contributed by atoms with E-state index in [1.807, 2.05) is 6.92 Å². The molecule has 0 radical (unpaired) electrons. The van der Waals surface area contributed by atoms with Gasteiger partial charge in [-0.25, -0.2) is 4.98 Å². The molecule has 1 aromatic heterocycles. The molecule has 20 heavy (non-hydrogen) atoms. The van der Waals surface area contributed by atoms with Crippen LogP contribution in [0.5, 0.6) is 0 Å². The predicted molar refractivity (Wildman–Crippen MR) is 73.2 cm³/mol. The van der Waals surface area contributed by atoms with Crippen LogP contribution < -0.4 is 5.32 Å². The molecule has 1 N–H and O–H groups in total. The molecule has 0 bridgehead atoms. The Balaban J connectivity index is 1.83. The van der Waals surface area contributed by atoms with E-state index in [0.29, 0.717) is 29.8 Å². The second kappa shape index (κ2) is 5.05. The van der Waals surface area contributed by atoms with Crippen LogP contribution in [0.3, 0.4) is 0 Å². The summed E-state index contributed by atoms with van der Waals surface area (Å²) in [5.41, 5.74) is 1.69. The molecule has 1 aromatic carbocycles. The van der Waals surface area contributed by atoms with Gasteiger partial charge < -0.3 is 9.73 Å². The van der Waals surface area contributed by atoms with Crippen LogP contribution in [0.15, 0.2) is 28.8 Å². The van der Waals surface area contributed by atoms with Crippen LogP contribution in [0.2, 0.25) is 0 Å². The van der Waals surface area contributed by atoms with Crippen LogP contribution in [0.1, 0.15) is 24.3 Å². The molecule has 0 spiro atoms. The molecule has 2 aromatic rings. The average Bonchev–Trinajstić information content (AvgIpc) is 3.14. The summed E-state index contributed by atoms with van der Waals surface area (Å²) in [5.74, 6) is 1.18. The lowest BCUT2D eigenvalue weighted by Gasteiger charge is -2.02. The van der Waals surface area contributed by atoms with Crippen LogP contribution in [0, 0.1) is 17.0 Å². The van der Waals surface area contributed by atoms with Crippen molar-refractivity contribution in [3.05, 3.63) is 46.0 Å². The van der Waals surface area contributed by atoms with E-state index in [-0.39, 0.29) is 5.69 Å². The Morgan fingerprint density at radius 1 is 1.50 bits per heavy atom. The molecule has 1 aliphatic carbocycles. The zero-order chi connectivity index (χ0) is 14.1. The van der Waals surface area contributed by atoms with E-state index in [1.165, 1.54) is 25.0 Å². The van der Waals surface area contributed by atoms with Gasteiger partial charge in [-0.2, -0.15) is 0 Å². The van der Waals surface area contributed by atoms with Gasteiger partial charge in [-0.05, 0) is 25.3 Å². The Morgan fingerprint density at radius 3 is 3.00 bits per heavy atom. The zero-order valence-electron chi connectivity index (χ0n) is 11.1. The van der Waals surface area contributed by atoms with Gasteiger partial charge in [-0.1, -0.05) is 6.07 Å². The molecule has 0 atom stereocenters. The van der Waals surface area contributed by atoms with Crippen molar-refractivity contribution in [1.29, 1.82) is 0 Å². The minimum atomic E-state index is -0.408. The lowest BCUT2D eigenvalue weighted by molar-refractivity contribution is -0.384. The van der Waals surface area contributed by atoms with Crippen molar-refractivity contribution in [2.24, 2.45) is 0 Å². The Bertz CT molecular complexity index is 647. The SMILES string of the molecule is Cc1ccc([N+](=O)[O-])cc1-c1cnc(CNC2CC2)o1. The molecule has 3 rings (SSSR count). The molecule has 0 unspecified atom stereocenters. The Labute approximate surface area is 116 Å². The molecule has 0 saturated heterocycles. The van der Waals surface area contributed by atoms with E-state index in [4.69, 9.17) is 4.42 Å². The Hall–Kier alpha value is -2.21. The van der Waals surface area contributed by atoms with Crippen LogP contribution in [-0.4, -0.2) is 15.9 Å². The standard InChI is InChI=1S/C14H15N3O3/c1-9-2-5-11(17(18)19)6-12(9)13-7-16-14(20-13)8-15-10-3-4-10/h2,5-7,10,15H,3-4,8H2,1H3. The van der Waals surface area contributed by atoms with Crippen molar-refractivity contribution < 1.29 is 9.34 Å². The number of nitro benzene ring substituents is 1. The van der Waals surface area contributed by atoms with Gasteiger partial charge in [0.1, 0.15) is 0 Å². The number of oxazole rings is 1. The van der Waals surface area contributed by atoms with E-state index in [1.54, 1.807) is 12.3 Å². The van der Waals surface area contributed by atoms with E-state index >= 15 is 0 Å². The molecule has 1 aliphatic rings. The molecule has 1 heterocycles. The largest absolute Gasteiger partial charge is 0.439 e. The summed E-state index contributed by atoms with van der Waals surface area (Å²) in [5, 5.41) is 14.2. The number of non-ortho nitro benzene ring substituents is 1. The number of nitro groups is 1. The first-order valence-corrected chi connectivity index (χ1v) is 6.57. The molecule has 1 saturated carbocycles. The second-order valence-electron chi connectivity index (χ2n) is 5.03. The molecule has 0 aliphatic heterocycles. The number of nitrogens with zero attached hydrogens (tertiary/aromatic N) is 2. The lowest BCUT2D eigenvalue weighted by Crippen LogP contribution is -2.15. The van der Waals surface area contributed by atoms with Gasteiger partial charge in [0.2, 0.25) is 5.89 Å². The minimum absolute atomic E-state index is 0.0552. The van der Waals surface area contributed by atoms with Crippen molar-refractivity contribution in [1.82, 2.24) is 10.3 Å². The minimum Gasteiger partial charge on any atom is -0.439 e. The number of benzene rings is 1. The van der Waals surface area contributed by atoms with Crippen LogP contribution >= 0.6 is 0 Å². The number of hydrogen-bond donors (Lipinski definition) is 1. The normalized spacial score (nSPS) is 14.4. The summed E-state index contributed by atoms with van der Waals surface area (Å²) >= 11 is 0. The third-order valence-electron chi connectivity index (χ3n) is 3.37. The Kier molecular flexibility index (Phi) is 3.23. The van der Waals surface area contributed by atoms with Gasteiger partial charge >= 0.3 is 0 Å². The van der Waals surface area contributed by atoms with Crippen molar-refractivity contribution in [2.75, 3.05) is 0 Å². The summed E-state index contributed by atoms with van der Waals surface area (Å²) < 4.78 is 5.67. The number of rotatable bonds is 5. The third-order valence-corrected chi connectivity index (χ3v) is 3.37. The molecular formula is C14H15N3O3. The number of hydrogen-bond acceptors (Lipinski definition) is 5. The first-order chi connectivity index (χ1) is 9.63. The molecule has 1 fully saturated rings. The lowest BCUT2D eigenvalue weighted by atomic mass is 10.1. The van der Waals surface area contributed by atoms with Crippen LogP contribution in [-0.2, 0) is 6.54 Å².